The molecule has 0 spiro atoms. The normalized spacial score (nSPS) is 13.0. The summed E-state index contributed by atoms with van der Waals surface area (Å²) in [5.41, 5.74) is 5.37. The summed E-state index contributed by atoms with van der Waals surface area (Å²) in [5, 5.41) is 0. The molecule has 9 nitrogen and oxygen atoms in total. The van der Waals surface area contributed by atoms with Crippen LogP contribution in [0.15, 0.2) is 12.2 Å². The van der Waals surface area contributed by atoms with E-state index in [4.69, 9.17) is 24.3 Å². The number of unbranched alkanes of at least 4 members (excludes halogenated alkanes) is 43. The predicted molar refractivity (Wildman–Crippen MR) is 294 cm³/mol. The zero-order valence-corrected chi connectivity index (χ0v) is 46.7. The highest BCUT2D eigenvalue weighted by Crippen LogP contribution is 2.43. The lowest BCUT2D eigenvalue weighted by Crippen LogP contribution is -2.29. The number of phosphoric ester groups is 1. The molecule has 69 heavy (non-hydrogen) atoms. The topological polar surface area (TPSA) is 134 Å². The SMILES string of the molecule is CCCCCC/C=C\CCCCCCCC(=O)OC(COC(=O)CCCCCCCCCCCCCCCCCCCCCCCCCCCCCCCCCCCCC)COP(=O)(O)OCCN. The van der Waals surface area contributed by atoms with Gasteiger partial charge in [-0.25, -0.2) is 4.57 Å². The van der Waals surface area contributed by atoms with Crippen LogP contribution in [-0.2, 0) is 32.7 Å². The molecule has 0 bridgehead atoms. The van der Waals surface area contributed by atoms with Crippen molar-refractivity contribution in [3.63, 3.8) is 0 Å². The van der Waals surface area contributed by atoms with Gasteiger partial charge in [0, 0.05) is 19.4 Å². The molecule has 0 amide bonds. The minimum absolute atomic E-state index is 0.0551. The summed E-state index contributed by atoms with van der Waals surface area (Å²) in [6.45, 7) is 3.77. The number of ether oxygens (including phenoxy) is 2. The Hall–Kier alpha value is -1.25. The summed E-state index contributed by atoms with van der Waals surface area (Å²) in [6, 6.07) is 0. The monoisotopic (exact) mass is 998 g/mol. The largest absolute Gasteiger partial charge is 0.472 e. The number of carbonyl (C=O) groups is 2. The van der Waals surface area contributed by atoms with E-state index in [0.717, 1.165) is 51.4 Å². The molecule has 0 heterocycles. The van der Waals surface area contributed by atoms with E-state index in [1.807, 2.05) is 0 Å². The highest BCUT2D eigenvalue weighted by atomic mass is 31.2. The quantitative estimate of drug-likeness (QED) is 0.0264. The maximum Gasteiger partial charge on any atom is 0.472 e. The number of rotatable bonds is 58. The fourth-order valence-corrected chi connectivity index (χ4v) is 9.93. The van der Waals surface area contributed by atoms with Crippen molar-refractivity contribution in [3.05, 3.63) is 12.2 Å². The number of esters is 2. The van der Waals surface area contributed by atoms with Gasteiger partial charge >= 0.3 is 19.8 Å². The van der Waals surface area contributed by atoms with Crippen LogP contribution < -0.4 is 5.73 Å². The van der Waals surface area contributed by atoms with E-state index in [1.165, 1.54) is 238 Å². The van der Waals surface area contributed by atoms with E-state index < -0.39 is 26.5 Å². The number of hydrogen-bond acceptors (Lipinski definition) is 8. The third-order valence-corrected chi connectivity index (χ3v) is 14.6. The van der Waals surface area contributed by atoms with Gasteiger partial charge in [-0.05, 0) is 38.5 Å². The zero-order valence-electron chi connectivity index (χ0n) is 45.8. The second-order valence-corrected chi connectivity index (χ2v) is 22.0. The molecule has 0 rings (SSSR count). The van der Waals surface area contributed by atoms with E-state index in [1.54, 1.807) is 0 Å². The smallest absolute Gasteiger partial charge is 0.462 e. The van der Waals surface area contributed by atoms with Crippen LogP contribution in [0.5, 0.6) is 0 Å². The zero-order chi connectivity index (χ0) is 50.2. The van der Waals surface area contributed by atoms with Crippen LogP contribution >= 0.6 is 7.82 Å². The van der Waals surface area contributed by atoms with Crippen LogP contribution in [0.1, 0.15) is 322 Å². The summed E-state index contributed by atoms with van der Waals surface area (Å²) < 4.78 is 32.9. The molecule has 2 unspecified atom stereocenters. The first-order valence-electron chi connectivity index (χ1n) is 30.2. The van der Waals surface area contributed by atoms with Crippen LogP contribution in [0.2, 0.25) is 0 Å². The predicted octanol–water partition coefficient (Wildman–Crippen LogP) is 18.9. The third-order valence-electron chi connectivity index (χ3n) is 13.7. The Morgan fingerprint density at radius 3 is 1.04 bits per heavy atom. The number of hydrogen-bond donors (Lipinski definition) is 2. The van der Waals surface area contributed by atoms with Crippen molar-refractivity contribution in [2.45, 2.75) is 328 Å². The molecule has 0 aromatic heterocycles. The van der Waals surface area contributed by atoms with Gasteiger partial charge in [-0.1, -0.05) is 283 Å². The Kier molecular flexibility index (Phi) is 55.0. The summed E-state index contributed by atoms with van der Waals surface area (Å²) >= 11 is 0. The summed E-state index contributed by atoms with van der Waals surface area (Å²) in [7, 11) is -4.38. The first-order valence-corrected chi connectivity index (χ1v) is 31.7. The summed E-state index contributed by atoms with van der Waals surface area (Å²) in [6.07, 6.45) is 64.5. The average molecular weight is 999 g/mol. The molecule has 10 heteroatoms. The number of allylic oxidation sites excluding steroid dienone is 2. The Balaban J connectivity index is 3.73. The van der Waals surface area contributed by atoms with Gasteiger partial charge in [-0.3, -0.25) is 18.6 Å². The van der Waals surface area contributed by atoms with Gasteiger partial charge in [0.25, 0.3) is 0 Å². The summed E-state index contributed by atoms with van der Waals surface area (Å²) in [5.74, 6) is -0.821. The third kappa shape index (κ3) is 55.9. The van der Waals surface area contributed by atoms with Gasteiger partial charge in [0.1, 0.15) is 6.61 Å². The molecule has 0 aliphatic rings. The first-order chi connectivity index (χ1) is 33.8. The lowest BCUT2D eigenvalue weighted by molar-refractivity contribution is -0.161. The lowest BCUT2D eigenvalue weighted by Gasteiger charge is -2.19. The Bertz CT molecular complexity index is 1140. The van der Waals surface area contributed by atoms with Crippen molar-refractivity contribution < 1.29 is 37.6 Å². The molecular formula is C59H116NO8P. The fourth-order valence-electron chi connectivity index (χ4n) is 9.16. The highest BCUT2D eigenvalue weighted by molar-refractivity contribution is 7.47. The second kappa shape index (κ2) is 56.1. The Morgan fingerprint density at radius 2 is 0.710 bits per heavy atom. The van der Waals surface area contributed by atoms with Crippen LogP contribution in [-0.4, -0.2) is 49.3 Å². The molecule has 0 aromatic rings. The van der Waals surface area contributed by atoms with Gasteiger partial charge in [0.2, 0.25) is 0 Å². The number of carbonyl (C=O) groups excluding carboxylic acids is 2. The van der Waals surface area contributed by atoms with Gasteiger partial charge < -0.3 is 20.1 Å². The highest BCUT2D eigenvalue weighted by Gasteiger charge is 2.26. The van der Waals surface area contributed by atoms with E-state index in [2.05, 4.69) is 26.0 Å². The molecule has 0 fully saturated rings. The molecular weight excluding hydrogens is 882 g/mol. The molecule has 0 aromatic carbocycles. The van der Waals surface area contributed by atoms with Gasteiger partial charge in [0.05, 0.1) is 13.2 Å². The maximum atomic E-state index is 12.6. The lowest BCUT2D eigenvalue weighted by atomic mass is 10.0. The van der Waals surface area contributed by atoms with Crippen molar-refractivity contribution in [1.82, 2.24) is 0 Å². The average Bonchev–Trinajstić information content (AvgIpc) is 3.34. The first kappa shape index (κ1) is 67.8. The van der Waals surface area contributed by atoms with Crippen molar-refractivity contribution in [1.29, 1.82) is 0 Å². The molecule has 2 atom stereocenters. The van der Waals surface area contributed by atoms with Gasteiger partial charge in [0.15, 0.2) is 6.10 Å². The van der Waals surface area contributed by atoms with E-state index in [9.17, 15) is 19.0 Å². The van der Waals surface area contributed by atoms with Crippen molar-refractivity contribution in [2.75, 3.05) is 26.4 Å². The summed E-state index contributed by atoms with van der Waals surface area (Å²) in [4.78, 5) is 35.1. The van der Waals surface area contributed by atoms with Gasteiger partial charge in [-0.2, -0.15) is 0 Å². The minimum atomic E-state index is -4.38. The van der Waals surface area contributed by atoms with E-state index in [-0.39, 0.29) is 38.6 Å². The second-order valence-electron chi connectivity index (χ2n) is 20.6. The number of nitrogens with two attached hydrogens (primary N) is 1. The van der Waals surface area contributed by atoms with Crippen molar-refractivity contribution in [3.8, 4) is 0 Å². The van der Waals surface area contributed by atoms with E-state index in [0.29, 0.717) is 6.42 Å². The number of phosphoric acid groups is 1. The molecule has 0 saturated carbocycles. The molecule has 0 aliphatic carbocycles. The molecule has 3 N–H and O–H groups in total. The standard InChI is InChI=1S/C59H116NO8P/c1-3-5-7-9-11-13-15-17-18-19-20-21-22-23-24-25-26-27-28-29-30-31-32-33-34-35-36-37-38-40-41-43-45-47-49-51-58(61)65-55-57(56-67-69(63,64)66-54-53-60)68-59(62)52-50-48-46-44-42-39-16-14-12-10-8-6-4-2/h14,16,57H,3-13,15,17-56,60H2,1-2H3,(H,63,64)/b16-14-. The van der Waals surface area contributed by atoms with Crippen LogP contribution in [0.3, 0.4) is 0 Å². The molecule has 0 saturated heterocycles. The fraction of sp³-hybridized carbons (Fsp3) is 0.932. The van der Waals surface area contributed by atoms with Gasteiger partial charge in [-0.15, -0.1) is 0 Å². The maximum absolute atomic E-state index is 12.6. The Morgan fingerprint density at radius 1 is 0.420 bits per heavy atom. The minimum Gasteiger partial charge on any atom is -0.462 e. The molecule has 0 radical (unpaired) electrons. The van der Waals surface area contributed by atoms with E-state index >= 15 is 0 Å². The van der Waals surface area contributed by atoms with Crippen molar-refractivity contribution in [2.24, 2.45) is 5.73 Å². The van der Waals surface area contributed by atoms with Crippen molar-refractivity contribution >= 4 is 19.8 Å². The molecule has 0 aliphatic heterocycles. The van der Waals surface area contributed by atoms with Crippen LogP contribution in [0.4, 0.5) is 0 Å². The Labute approximate surface area is 428 Å². The molecule has 410 valence electrons. The van der Waals surface area contributed by atoms with Crippen LogP contribution in [0, 0.1) is 0 Å². The van der Waals surface area contributed by atoms with Crippen LogP contribution in [0.25, 0.3) is 0 Å².